The number of nitrogens with one attached hydrogen (secondary N) is 2. The molecule has 1 aromatic carbocycles. The SMILES string of the molecule is CNC(=O)[C@@H](Cc1ccccc1)NC(=O)[C@@H](N)CC(C)C. The van der Waals surface area contributed by atoms with E-state index in [1.807, 2.05) is 44.2 Å². The number of hydrogen-bond donors (Lipinski definition) is 3. The first-order valence-electron chi connectivity index (χ1n) is 7.25. The molecule has 0 spiro atoms. The monoisotopic (exact) mass is 291 g/mol. The topological polar surface area (TPSA) is 84.2 Å². The minimum absolute atomic E-state index is 0.219. The predicted octanol–water partition coefficient (Wildman–Crippen LogP) is 0.833. The fraction of sp³-hybridized carbons (Fsp3) is 0.500. The zero-order valence-corrected chi connectivity index (χ0v) is 12.9. The van der Waals surface area contributed by atoms with Crippen LogP contribution in [-0.2, 0) is 16.0 Å². The summed E-state index contributed by atoms with van der Waals surface area (Å²) < 4.78 is 0. The van der Waals surface area contributed by atoms with Gasteiger partial charge in [0.25, 0.3) is 0 Å². The van der Waals surface area contributed by atoms with Crippen molar-refractivity contribution in [2.45, 2.75) is 38.8 Å². The van der Waals surface area contributed by atoms with Gasteiger partial charge in [-0.1, -0.05) is 44.2 Å². The van der Waals surface area contributed by atoms with Crippen LogP contribution >= 0.6 is 0 Å². The van der Waals surface area contributed by atoms with Crippen molar-refractivity contribution in [3.05, 3.63) is 35.9 Å². The minimum Gasteiger partial charge on any atom is -0.357 e. The van der Waals surface area contributed by atoms with E-state index in [1.54, 1.807) is 7.05 Å². The second kappa shape index (κ2) is 8.42. The first-order chi connectivity index (χ1) is 9.93. The summed E-state index contributed by atoms with van der Waals surface area (Å²) in [5.74, 6) is -0.171. The van der Waals surface area contributed by atoms with Crippen molar-refractivity contribution in [3.63, 3.8) is 0 Å². The summed E-state index contributed by atoms with van der Waals surface area (Å²) in [6, 6.07) is 8.38. The van der Waals surface area contributed by atoms with Crippen molar-refractivity contribution in [3.8, 4) is 0 Å². The molecular weight excluding hydrogens is 266 g/mol. The van der Waals surface area contributed by atoms with E-state index in [2.05, 4.69) is 10.6 Å². The molecule has 5 nitrogen and oxygen atoms in total. The zero-order valence-electron chi connectivity index (χ0n) is 12.9. The Balaban J connectivity index is 2.70. The number of carbonyl (C=O) groups is 2. The van der Waals surface area contributed by atoms with Gasteiger partial charge in [-0.2, -0.15) is 0 Å². The van der Waals surface area contributed by atoms with Crippen LogP contribution in [0.3, 0.4) is 0 Å². The largest absolute Gasteiger partial charge is 0.357 e. The maximum atomic E-state index is 12.1. The fourth-order valence-corrected chi connectivity index (χ4v) is 2.13. The standard InChI is InChI=1S/C16H25N3O2/c1-11(2)9-13(17)15(20)19-14(16(21)18-3)10-12-7-5-4-6-8-12/h4-8,11,13-14H,9-10,17H2,1-3H3,(H,18,21)(H,19,20)/t13-,14+/m0/s1. The summed E-state index contributed by atoms with van der Waals surface area (Å²) in [5.41, 5.74) is 6.85. The number of rotatable bonds is 7. The van der Waals surface area contributed by atoms with Crippen LogP contribution in [0.2, 0.25) is 0 Å². The fourth-order valence-electron chi connectivity index (χ4n) is 2.13. The molecule has 2 amide bonds. The summed E-state index contributed by atoms with van der Waals surface area (Å²) in [7, 11) is 1.56. The van der Waals surface area contributed by atoms with Gasteiger partial charge in [-0.15, -0.1) is 0 Å². The van der Waals surface area contributed by atoms with Crippen LogP contribution in [0.1, 0.15) is 25.8 Å². The maximum Gasteiger partial charge on any atom is 0.242 e. The summed E-state index contributed by atoms with van der Waals surface area (Å²) in [5, 5.41) is 5.32. The number of benzene rings is 1. The van der Waals surface area contributed by atoms with Crippen LogP contribution < -0.4 is 16.4 Å². The van der Waals surface area contributed by atoms with Gasteiger partial charge in [-0.25, -0.2) is 0 Å². The highest BCUT2D eigenvalue weighted by atomic mass is 16.2. The van der Waals surface area contributed by atoms with Crippen molar-refractivity contribution < 1.29 is 9.59 Å². The van der Waals surface area contributed by atoms with Crippen LogP contribution in [0.25, 0.3) is 0 Å². The van der Waals surface area contributed by atoms with E-state index >= 15 is 0 Å². The van der Waals surface area contributed by atoms with Crippen molar-refractivity contribution in [2.75, 3.05) is 7.05 Å². The Morgan fingerprint density at radius 1 is 1.14 bits per heavy atom. The van der Waals surface area contributed by atoms with E-state index in [0.29, 0.717) is 18.8 Å². The van der Waals surface area contributed by atoms with Crippen molar-refractivity contribution >= 4 is 11.8 Å². The molecule has 21 heavy (non-hydrogen) atoms. The lowest BCUT2D eigenvalue weighted by Gasteiger charge is -2.20. The normalized spacial score (nSPS) is 13.6. The first kappa shape index (κ1) is 17.2. The van der Waals surface area contributed by atoms with E-state index in [1.165, 1.54) is 0 Å². The third kappa shape index (κ3) is 5.95. The molecule has 1 rings (SSSR count). The molecule has 5 heteroatoms. The Morgan fingerprint density at radius 2 is 1.76 bits per heavy atom. The second-order valence-corrected chi connectivity index (χ2v) is 5.60. The van der Waals surface area contributed by atoms with Gasteiger partial charge in [0.15, 0.2) is 0 Å². The van der Waals surface area contributed by atoms with Crippen molar-refractivity contribution in [1.82, 2.24) is 10.6 Å². The Bertz CT molecular complexity index is 460. The quantitative estimate of drug-likeness (QED) is 0.696. The average molecular weight is 291 g/mol. The molecule has 0 radical (unpaired) electrons. The van der Waals surface area contributed by atoms with E-state index < -0.39 is 12.1 Å². The molecule has 0 unspecified atom stereocenters. The molecule has 0 saturated heterocycles. The molecule has 2 atom stereocenters. The molecule has 0 aromatic heterocycles. The van der Waals surface area contributed by atoms with Gasteiger partial charge >= 0.3 is 0 Å². The van der Waals surface area contributed by atoms with Gasteiger partial charge < -0.3 is 16.4 Å². The molecule has 0 saturated carbocycles. The van der Waals surface area contributed by atoms with Gasteiger partial charge in [0.2, 0.25) is 11.8 Å². The number of amides is 2. The third-order valence-corrected chi connectivity index (χ3v) is 3.22. The Morgan fingerprint density at radius 3 is 2.29 bits per heavy atom. The zero-order chi connectivity index (χ0) is 15.8. The highest BCUT2D eigenvalue weighted by Crippen LogP contribution is 2.06. The highest BCUT2D eigenvalue weighted by molar-refractivity contribution is 5.89. The van der Waals surface area contributed by atoms with Gasteiger partial charge in [-0.05, 0) is 17.9 Å². The Kier molecular flexibility index (Phi) is 6.88. The Hall–Kier alpha value is -1.88. The molecule has 0 aliphatic heterocycles. The second-order valence-electron chi connectivity index (χ2n) is 5.60. The van der Waals surface area contributed by atoms with Crippen LogP contribution in [0.15, 0.2) is 30.3 Å². The lowest BCUT2D eigenvalue weighted by molar-refractivity contribution is -0.129. The number of carbonyl (C=O) groups excluding carboxylic acids is 2. The lowest BCUT2D eigenvalue weighted by Crippen LogP contribution is -2.52. The van der Waals surface area contributed by atoms with E-state index in [9.17, 15) is 9.59 Å². The molecule has 116 valence electrons. The predicted molar refractivity (Wildman–Crippen MR) is 83.6 cm³/mol. The molecule has 0 heterocycles. The van der Waals surface area contributed by atoms with Gasteiger partial charge in [0.1, 0.15) is 6.04 Å². The van der Waals surface area contributed by atoms with E-state index in [4.69, 9.17) is 5.73 Å². The van der Waals surface area contributed by atoms with Crippen molar-refractivity contribution in [2.24, 2.45) is 11.7 Å². The average Bonchev–Trinajstić information content (AvgIpc) is 2.46. The maximum absolute atomic E-state index is 12.1. The summed E-state index contributed by atoms with van der Waals surface area (Å²) in [6.45, 7) is 4.01. The third-order valence-electron chi connectivity index (χ3n) is 3.22. The molecule has 1 aromatic rings. The molecule has 0 aliphatic rings. The van der Waals surface area contributed by atoms with Gasteiger partial charge in [0, 0.05) is 13.5 Å². The number of nitrogens with two attached hydrogens (primary N) is 1. The van der Waals surface area contributed by atoms with Crippen molar-refractivity contribution in [1.29, 1.82) is 0 Å². The Labute approximate surface area is 126 Å². The van der Waals surface area contributed by atoms with Gasteiger partial charge in [-0.3, -0.25) is 9.59 Å². The molecular formula is C16H25N3O2. The van der Waals surface area contributed by atoms with E-state index in [0.717, 1.165) is 5.56 Å². The number of likely N-dealkylation sites (N-methyl/N-ethyl adjacent to an activating group) is 1. The molecule has 0 aliphatic carbocycles. The number of hydrogen-bond acceptors (Lipinski definition) is 3. The molecule has 4 N–H and O–H groups in total. The van der Waals surface area contributed by atoms with E-state index in [-0.39, 0.29) is 11.8 Å². The first-order valence-corrected chi connectivity index (χ1v) is 7.25. The minimum atomic E-state index is -0.608. The van der Waals surface area contributed by atoms with Gasteiger partial charge in [0.05, 0.1) is 6.04 Å². The molecule has 0 fully saturated rings. The highest BCUT2D eigenvalue weighted by Gasteiger charge is 2.23. The summed E-state index contributed by atoms with van der Waals surface area (Å²) in [6.07, 6.45) is 1.04. The lowest BCUT2D eigenvalue weighted by atomic mass is 10.0. The summed E-state index contributed by atoms with van der Waals surface area (Å²) >= 11 is 0. The van der Waals surface area contributed by atoms with Crippen LogP contribution in [0.5, 0.6) is 0 Å². The molecule has 0 bridgehead atoms. The smallest absolute Gasteiger partial charge is 0.242 e. The van der Waals surface area contributed by atoms with Crippen LogP contribution in [0, 0.1) is 5.92 Å². The van der Waals surface area contributed by atoms with Crippen LogP contribution in [0.4, 0.5) is 0 Å². The van der Waals surface area contributed by atoms with Crippen LogP contribution in [-0.4, -0.2) is 30.9 Å². The summed E-state index contributed by atoms with van der Waals surface area (Å²) in [4.78, 5) is 24.0.